The fourth-order valence-corrected chi connectivity index (χ4v) is 3.69. The van der Waals surface area contributed by atoms with Crippen LogP contribution in [-0.4, -0.2) is 33.4 Å². The first-order valence-corrected chi connectivity index (χ1v) is 11.8. The number of alkyl halides is 3. The van der Waals surface area contributed by atoms with E-state index in [-0.39, 0.29) is 18.4 Å². The van der Waals surface area contributed by atoms with Gasteiger partial charge in [-0.15, -0.1) is 0 Å². The first-order chi connectivity index (χ1) is 18.0. The molecule has 0 saturated heterocycles. The van der Waals surface area contributed by atoms with Crippen LogP contribution in [0.3, 0.4) is 0 Å². The molecule has 0 saturated carbocycles. The van der Waals surface area contributed by atoms with Crippen molar-refractivity contribution in [2.75, 3.05) is 11.4 Å². The molecule has 200 valence electrons. The van der Waals surface area contributed by atoms with E-state index in [2.05, 4.69) is 10.1 Å². The number of hydrogen-bond donors (Lipinski definition) is 1. The van der Waals surface area contributed by atoms with Gasteiger partial charge in [0, 0.05) is 13.1 Å². The lowest BCUT2D eigenvalue weighted by atomic mass is 10.1. The summed E-state index contributed by atoms with van der Waals surface area (Å²) in [7, 11) is 0. The number of benzene rings is 2. The fraction of sp³-hybridized carbons (Fsp3) is 0.296. The van der Waals surface area contributed by atoms with Crippen molar-refractivity contribution < 1.29 is 36.7 Å². The van der Waals surface area contributed by atoms with Crippen molar-refractivity contribution in [2.24, 2.45) is 0 Å². The number of carbonyl (C=O) groups is 1. The molecule has 0 unspecified atom stereocenters. The zero-order valence-electron chi connectivity index (χ0n) is 20.7. The Kier molecular flexibility index (Phi) is 7.75. The summed E-state index contributed by atoms with van der Waals surface area (Å²) >= 11 is 0. The Morgan fingerprint density at radius 2 is 1.82 bits per heavy atom. The number of anilines is 1. The maximum Gasteiger partial charge on any atom is 0.416 e. The van der Waals surface area contributed by atoms with E-state index >= 15 is 0 Å². The topological polar surface area (TPSA) is 102 Å². The van der Waals surface area contributed by atoms with Crippen molar-refractivity contribution in [3.05, 3.63) is 83.6 Å². The molecule has 0 aliphatic heterocycles. The number of aryl methyl sites for hydroxylation is 1. The normalized spacial score (nSPS) is 11.9. The summed E-state index contributed by atoms with van der Waals surface area (Å²) in [6.07, 6.45) is -1.68. The van der Waals surface area contributed by atoms with Crippen LogP contribution in [0.2, 0.25) is 0 Å². The van der Waals surface area contributed by atoms with Gasteiger partial charge >= 0.3 is 12.1 Å². The summed E-state index contributed by atoms with van der Waals surface area (Å²) in [6.45, 7) is 3.67. The molecular formula is C27H26F3N3O5. The second-order valence-corrected chi connectivity index (χ2v) is 9.16. The van der Waals surface area contributed by atoms with Crippen LogP contribution < -0.4 is 9.64 Å². The molecule has 38 heavy (non-hydrogen) atoms. The molecule has 2 heterocycles. The summed E-state index contributed by atoms with van der Waals surface area (Å²) in [5.41, 5.74) is -0.515. The molecule has 0 fully saturated rings. The molecule has 2 aromatic heterocycles. The van der Waals surface area contributed by atoms with Gasteiger partial charge in [0.1, 0.15) is 5.75 Å². The maximum atomic E-state index is 13.0. The van der Waals surface area contributed by atoms with E-state index in [1.807, 2.05) is 11.0 Å². The SMILES string of the molecule is CC(C)(Oc1cccc(CCCN(Cc2ccc(C(F)(F)F)cc2)c2noc(-c3ccco3)n2)c1)C(=O)O. The zero-order chi connectivity index (χ0) is 27.3. The van der Waals surface area contributed by atoms with Crippen LogP contribution >= 0.6 is 0 Å². The molecule has 0 aliphatic rings. The highest BCUT2D eigenvalue weighted by Crippen LogP contribution is 2.30. The van der Waals surface area contributed by atoms with E-state index in [9.17, 15) is 23.1 Å². The number of carboxylic acids is 1. The second kappa shape index (κ2) is 11.0. The smallest absolute Gasteiger partial charge is 0.416 e. The standard InChI is InChI=1S/C27H26F3N3O5/c1-26(2,24(34)35)37-21-8-3-6-18(16-21)7-4-14-33(17-19-10-12-20(13-11-19)27(28,29)30)25-31-23(38-32-25)22-9-5-15-36-22/h3,5-6,8-13,15-16H,4,7,14,17H2,1-2H3,(H,34,35). The molecule has 0 atom stereocenters. The Hall–Kier alpha value is -4.28. The van der Waals surface area contributed by atoms with Gasteiger partial charge in [0.25, 0.3) is 11.8 Å². The Balaban J connectivity index is 1.47. The zero-order valence-corrected chi connectivity index (χ0v) is 20.7. The van der Waals surface area contributed by atoms with Crippen molar-refractivity contribution in [3.8, 4) is 17.4 Å². The van der Waals surface area contributed by atoms with Crippen molar-refractivity contribution in [1.29, 1.82) is 0 Å². The van der Waals surface area contributed by atoms with Crippen molar-refractivity contribution in [2.45, 2.75) is 45.0 Å². The minimum atomic E-state index is -4.41. The number of ether oxygens (including phenoxy) is 1. The van der Waals surface area contributed by atoms with Crippen LogP contribution in [0.1, 0.15) is 37.0 Å². The van der Waals surface area contributed by atoms with Crippen molar-refractivity contribution in [3.63, 3.8) is 0 Å². The first kappa shape index (κ1) is 26.8. The average Bonchev–Trinajstić information content (AvgIpc) is 3.55. The number of halogens is 3. The lowest BCUT2D eigenvalue weighted by Crippen LogP contribution is -2.37. The Bertz CT molecular complexity index is 1350. The van der Waals surface area contributed by atoms with Crippen LogP contribution in [0, 0.1) is 0 Å². The predicted molar refractivity (Wildman–Crippen MR) is 132 cm³/mol. The Morgan fingerprint density at radius 1 is 1.05 bits per heavy atom. The summed E-state index contributed by atoms with van der Waals surface area (Å²) in [5, 5.41) is 13.4. The molecule has 8 nitrogen and oxygen atoms in total. The van der Waals surface area contributed by atoms with Gasteiger partial charge in [-0.25, -0.2) is 4.79 Å². The summed E-state index contributed by atoms with van der Waals surface area (Å²) in [5.74, 6) is 0.234. The predicted octanol–water partition coefficient (Wildman–Crippen LogP) is 6.23. The molecule has 0 radical (unpaired) electrons. The van der Waals surface area contributed by atoms with Gasteiger partial charge in [0.2, 0.25) is 0 Å². The largest absolute Gasteiger partial charge is 0.478 e. The molecule has 4 rings (SSSR count). The van der Waals surface area contributed by atoms with E-state index in [0.717, 1.165) is 17.7 Å². The Morgan fingerprint density at radius 3 is 2.47 bits per heavy atom. The minimum Gasteiger partial charge on any atom is -0.478 e. The van der Waals surface area contributed by atoms with Crippen LogP contribution in [0.4, 0.5) is 19.1 Å². The quantitative estimate of drug-likeness (QED) is 0.244. The summed E-state index contributed by atoms with van der Waals surface area (Å²) in [6, 6.07) is 15.5. The van der Waals surface area contributed by atoms with E-state index in [1.165, 1.54) is 32.2 Å². The fourth-order valence-electron chi connectivity index (χ4n) is 3.69. The highest BCUT2D eigenvalue weighted by atomic mass is 19.4. The number of hydrogen-bond acceptors (Lipinski definition) is 7. The van der Waals surface area contributed by atoms with Gasteiger partial charge < -0.3 is 23.7 Å². The molecule has 0 amide bonds. The number of aliphatic carboxylic acids is 1. The number of carboxylic acid groups (broad SMARTS) is 1. The molecule has 2 aromatic carbocycles. The third-order valence-corrected chi connectivity index (χ3v) is 5.76. The lowest BCUT2D eigenvalue weighted by molar-refractivity contribution is -0.152. The lowest BCUT2D eigenvalue weighted by Gasteiger charge is -2.22. The van der Waals surface area contributed by atoms with Crippen LogP contribution in [-0.2, 0) is 23.9 Å². The molecule has 11 heteroatoms. The van der Waals surface area contributed by atoms with E-state index in [1.54, 1.807) is 30.3 Å². The van der Waals surface area contributed by atoms with Crippen LogP contribution in [0.15, 0.2) is 75.9 Å². The van der Waals surface area contributed by atoms with Gasteiger partial charge in [-0.1, -0.05) is 24.3 Å². The highest BCUT2D eigenvalue weighted by molar-refractivity contribution is 5.76. The van der Waals surface area contributed by atoms with Crippen molar-refractivity contribution >= 4 is 11.9 Å². The number of rotatable bonds is 11. The number of furan rings is 1. The van der Waals surface area contributed by atoms with Gasteiger partial charge in [-0.3, -0.25) is 0 Å². The van der Waals surface area contributed by atoms with Gasteiger partial charge in [-0.05, 0) is 79.4 Å². The molecule has 0 bridgehead atoms. The van der Waals surface area contributed by atoms with Crippen LogP contribution in [0.25, 0.3) is 11.7 Å². The molecule has 4 aromatic rings. The van der Waals surface area contributed by atoms with E-state index < -0.39 is 23.3 Å². The monoisotopic (exact) mass is 529 g/mol. The van der Waals surface area contributed by atoms with E-state index in [4.69, 9.17) is 13.7 Å². The number of aromatic nitrogens is 2. The number of nitrogens with zero attached hydrogens (tertiary/aromatic N) is 3. The van der Waals surface area contributed by atoms with Crippen molar-refractivity contribution in [1.82, 2.24) is 10.1 Å². The molecular weight excluding hydrogens is 503 g/mol. The second-order valence-electron chi connectivity index (χ2n) is 9.16. The molecule has 0 spiro atoms. The highest BCUT2D eigenvalue weighted by Gasteiger charge is 2.30. The average molecular weight is 530 g/mol. The molecule has 1 N–H and O–H groups in total. The minimum absolute atomic E-state index is 0.188. The van der Waals surface area contributed by atoms with Gasteiger partial charge in [-0.2, -0.15) is 18.2 Å². The summed E-state index contributed by atoms with van der Waals surface area (Å²) in [4.78, 5) is 17.6. The third kappa shape index (κ3) is 6.72. The Labute approximate surface area is 216 Å². The van der Waals surface area contributed by atoms with Crippen LogP contribution in [0.5, 0.6) is 5.75 Å². The summed E-state index contributed by atoms with van der Waals surface area (Å²) < 4.78 is 55.2. The first-order valence-electron chi connectivity index (χ1n) is 11.8. The maximum absolute atomic E-state index is 13.0. The van der Waals surface area contributed by atoms with Gasteiger partial charge in [0.05, 0.1) is 11.8 Å². The van der Waals surface area contributed by atoms with E-state index in [0.29, 0.717) is 36.5 Å². The third-order valence-electron chi connectivity index (χ3n) is 5.76. The van der Waals surface area contributed by atoms with Gasteiger partial charge in [0.15, 0.2) is 11.4 Å². The molecule has 0 aliphatic carbocycles.